The average Bonchev–Trinajstić information content (AvgIpc) is 3.48. The van der Waals surface area contributed by atoms with Gasteiger partial charge in [-0.25, -0.2) is 4.98 Å². The first-order valence-electron chi connectivity index (χ1n) is 10.7. The number of anilines is 1. The number of ether oxygens (including phenoxy) is 2. The zero-order valence-corrected chi connectivity index (χ0v) is 17.3. The largest absolute Gasteiger partial charge is 0.489 e. The lowest BCUT2D eigenvalue weighted by molar-refractivity contribution is 0.103. The summed E-state index contributed by atoms with van der Waals surface area (Å²) < 4.78 is 11.7. The number of aliphatic hydroxyl groups excluding tert-OH is 1. The van der Waals surface area contributed by atoms with E-state index in [2.05, 4.69) is 34.3 Å². The van der Waals surface area contributed by atoms with Gasteiger partial charge >= 0.3 is 0 Å². The van der Waals surface area contributed by atoms with Crippen molar-refractivity contribution in [3.8, 4) is 11.6 Å². The molecule has 1 aromatic carbocycles. The van der Waals surface area contributed by atoms with Crippen LogP contribution in [0.4, 0.5) is 5.69 Å². The topological polar surface area (TPSA) is 66.9 Å². The molecular formula is C23H31N3O3. The number of pyridine rings is 1. The number of hydrogen-bond donors (Lipinski definition) is 2. The number of rotatable bonds is 9. The zero-order chi connectivity index (χ0) is 20.2. The minimum absolute atomic E-state index is 0.118. The van der Waals surface area contributed by atoms with E-state index in [1.807, 2.05) is 31.2 Å². The molecule has 1 saturated heterocycles. The van der Waals surface area contributed by atoms with Crippen molar-refractivity contribution in [2.24, 2.45) is 5.92 Å². The van der Waals surface area contributed by atoms with Crippen molar-refractivity contribution in [1.82, 2.24) is 10.3 Å². The molecule has 0 spiro atoms. The monoisotopic (exact) mass is 397 g/mol. The van der Waals surface area contributed by atoms with E-state index >= 15 is 0 Å². The summed E-state index contributed by atoms with van der Waals surface area (Å²) in [7, 11) is 0. The Hall–Kier alpha value is -2.31. The second-order valence-electron chi connectivity index (χ2n) is 8.00. The van der Waals surface area contributed by atoms with Crippen LogP contribution in [-0.4, -0.2) is 42.1 Å². The van der Waals surface area contributed by atoms with Crippen LogP contribution in [0.1, 0.15) is 44.7 Å². The third-order valence-corrected chi connectivity index (χ3v) is 5.69. The van der Waals surface area contributed by atoms with E-state index in [0.717, 1.165) is 49.4 Å². The summed E-state index contributed by atoms with van der Waals surface area (Å²) in [5, 5.41) is 13.4. The summed E-state index contributed by atoms with van der Waals surface area (Å²) in [6, 6.07) is 12.3. The van der Waals surface area contributed by atoms with Gasteiger partial charge in [0.2, 0.25) is 5.88 Å². The van der Waals surface area contributed by atoms with Crippen molar-refractivity contribution in [2.75, 3.05) is 24.6 Å². The fraction of sp³-hybridized carbons (Fsp3) is 0.522. The first kappa shape index (κ1) is 20.0. The highest BCUT2D eigenvalue weighted by molar-refractivity contribution is 5.49. The summed E-state index contributed by atoms with van der Waals surface area (Å²) in [4.78, 5) is 6.55. The highest BCUT2D eigenvalue weighted by atomic mass is 16.5. The van der Waals surface area contributed by atoms with E-state index in [1.54, 1.807) is 6.20 Å². The molecule has 156 valence electrons. The molecule has 0 radical (unpaired) electrons. The van der Waals surface area contributed by atoms with Gasteiger partial charge < -0.3 is 19.5 Å². The number of aromatic nitrogens is 1. The van der Waals surface area contributed by atoms with Gasteiger partial charge in [0.1, 0.15) is 18.1 Å². The Balaban J connectivity index is 1.30. The first-order chi connectivity index (χ1) is 14.1. The lowest BCUT2D eigenvalue weighted by Gasteiger charge is -2.21. The first-order valence-corrected chi connectivity index (χ1v) is 10.7. The van der Waals surface area contributed by atoms with Crippen LogP contribution in [0.3, 0.4) is 0 Å². The second kappa shape index (κ2) is 9.01. The van der Waals surface area contributed by atoms with Gasteiger partial charge in [-0.3, -0.25) is 5.32 Å². The summed E-state index contributed by atoms with van der Waals surface area (Å²) >= 11 is 0. The van der Waals surface area contributed by atoms with E-state index in [-0.39, 0.29) is 12.1 Å². The molecule has 1 saturated carbocycles. The minimum atomic E-state index is -0.401. The normalized spacial score (nSPS) is 21.1. The maximum Gasteiger partial charge on any atom is 0.215 e. The Morgan fingerprint density at radius 3 is 2.72 bits per heavy atom. The van der Waals surface area contributed by atoms with Crippen molar-refractivity contribution in [3.05, 3.63) is 48.2 Å². The quantitative estimate of drug-likeness (QED) is 0.631. The second-order valence-corrected chi connectivity index (χ2v) is 8.00. The van der Waals surface area contributed by atoms with Crippen LogP contribution >= 0.6 is 0 Å². The Bertz CT molecular complexity index is 794. The molecule has 2 aliphatic rings. The number of aliphatic hydroxyl groups is 1. The molecule has 1 aromatic heterocycles. The molecule has 0 amide bonds. The van der Waals surface area contributed by atoms with E-state index in [4.69, 9.17) is 9.47 Å². The van der Waals surface area contributed by atoms with Crippen molar-refractivity contribution in [3.63, 3.8) is 0 Å². The molecule has 2 aromatic rings. The Morgan fingerprint density at radius 2 is 2.00 bits per heavy atom. The summed E-state index contributed by atoms with van der Waals surface area (Å²) in [6.45, 7) is 6.47. The highest BCUT2D eigenvalue weighted by Gasteiger charge is 2.30. The van der Waals surface area contributed by atoms with Crippen LogP contribution in [0.25, 0.3) is 0 Å². The Kier molecular flexibility index (Phi) is 6.21. The predicted octanol–water partition coefficient (Wildman–Crippen LogP) is 3.52. The van der Waals surface area contributed by atoms with Gasteiger partial charge in [0.15, 0.2) is 0 Å². The Morgan fingerprint density at radius 1 is 1.21 bits per heavy atom. The fourth-order valence-corrected chi connectivity index (χ4v) is 3.81. The van der Waals surface area contributed by atoms with Crippen LogP contribution in [0, 0.1) is 5.92 Å². The molecule has 3 atom stereocenters. The molecule has 0 bridgehead atoms. The van der Waals surface area contributed by atoms with Crippen molar-refractivity contribution in [1.29, 1.82) is 0 Å². The van der Waals surface area contributed by atoms with Crippen molar-refractivity contribution >= 4 is 5.69 Å². The van der Waals surface area contributed by atoms with Crippen molar-refractivity contribution in [2.45, 2.75) is 51.5 Å². The summed E-state index contributed by atoms with van der Waals surface area (Å²) in [6.07, 6.45) is 4.79. The maximum absolute atomic E-state index is 10.1. The van der Waals surface area contributed by atoms with Gasteiger partial charge in [-0.05, 0) is 56.4 Å². The molecule has 4 rings (SSSR count). The third-order valence-electron chi connectivity index (χ3n) is 5.69. The average molecular weight is 398 g/mol. The van der Waals surface area contributed by atoms with Gasteiger partial charge in [-0.2, -0.15) is 0 Å². The minimum Gasteiger partial charge on any atom is -0.489 e. The molecule has 6 nitrogen and oxygen atoms in total. The third kappa shape index (κ3) is 5.19. The summed E-state index contributed by atoms with van der Waals surface area (Å²) in [5.74, 6) is 1.98. The van der Waals surface area contributed by atoms with Gasteiger partial charge in [0.25, 0.3) is 0 Å². The van der Waals surface area contributed by atoms with Crippen molar-refractivity contribution < 1.29 is 14.6 Å². The number of benzene rings is 1. The van der Waals surface area contributed by atoms with E-state index in [0.29, 0.717) is 18.4 Å². The molecule has 2 heterocycles. The molecule has 2 fully saturated rings. The van der Waals surface area contributed by atoms with Crippen LogP contribution in [0.5, 0.6) is 11.6 Å². The van der Waals surface area contributed by atoms with Gasteiger partial charge in [-0.1, -0.05) is 12.1 Å². The number of nitrogens with one attached hydrogen (secondary N) is 1. The van der Waals surface area contributed by atoms with Gasteiger partial charge in [-0.15, -0.1) is 0 Å². The van der Waals surface area contributed by atoms with Crippen LogP contribution in [-0.2, 0) is 0 Å². The summed E-state index contributed by atoms with van der Waals surface area (Å²) in [5.41, 5.74) is 2.28. The SMILES string of the molecule is CCOc1cc(N2CC[C@@H](Oc3ccc(C(C)NC(O)C4CC4)cc3)C2)ccn1. The zero-order valence-electron chi connectivity index (χ0n) is 17.3. The molecule has 1 aliphatic carbocycles. The molecule has 2 N–H and O–H groups in total. The van der Waals surface area contributed by atoms with Gasteiger partial charge in [0.05, 0.1) is 13.2 Å². The maximum atomic E-state index is 10.1. The molecule has 29 heavy (non-hydrogen) atoms. The number of hydrogen-bond acceptors (Lipinski definition) is 6. The van der Waals surface area contributed by atoms with E-state index < -0.39 is 6.23 Å². The van der Waals surface area contributed by atoms with Crippen LogP contribution in [0.2, 0.25) is 0 Å². The fourth-order valence-electron chi connectivity index (χ4n) is 3.81. The Labute approximate surface area is 172 Å². The molecule has 6 heteroatoms. The number of nitrogens with zero attached hydrogens (tertiary/aromatic N) is 2. The van der Waals surface area contributed by atoms with E-state index in [1.165, 1.54) is 0 Å². The molecular weight excluding hydrogens is 366 g/mol. The van der Waals surface area contributed by atoms with Crippen LogP contribution in [0.15, 0.2) is 42.6 Å². The molecule has 1 aliphatic heterocycles. The predicted molar refractivity (Wildman–Crippen MR) is 113 cm³/mol. The lowest BCUT2D eigenvalue weighted by Crippen LogP contribution is -2.32. The van der Waals surface area contributed by atoms with Crippen LogP contribution < -0.4 is 19.7 Å². The highest BCUT2D eigenvalue weighted by Crippen LogP contribution is 2.32. The smallest absolute Gasteiger partial charge is 0.215 e. The lowest BCUT2D eigenvalue weighted by atomic mass is 10.1. The molecule has 2 unspecified atom stereocenters. The van der Waals surface area contributed by atoms with E-state index in [9.17, 15) is 5.11 Å². The van der Waals surface area contributed by atoms with Gasteiger partial charge in [0, 0.05) is 37.0 Å². The standard InChI is InChI=1S/C23H31N3O3/c1-3-28-22-14-19(10-12-24-22)26-13-11-21(15-26)29-20-8-6-17(7-9-20)16(2)25-23(27)18-4-5-18/h6-10,12,14,16,18,21,23,25,27H,3-5,11,13,15H2,1-2H3/t16?,21-,23?/m1/s1.